The molecule has 0 aromatic rings. The van der Waals surface area contributed by atoms with E-state index in [1.807, 2.05) is 0 Å². The maximum absolute atomic E-state index is 5.67. The van der Waals surface area contributed by atoms with Gasteiger partial charge in [0.1, 0.15) is 0 Å². The molecule has 0 saturated carbocycles. The van der Waals surface area contributed by atoms with Crippen molar-refractivity contribution < 1.29 is 4.74 Å². The predicted molar refractivity (Wildman–Crippen MR) is 68.8 cm³/mol. The molecule has 1 rings (SSSR count). The number of ether oxygens (including phenoxy) is 1. The highest BCUT2D eigenvalue weighted by atomic mass is 16.5. The van der Waals surface area contributed by atoms with E-state index in [4.69, 9.17) is 4.74 Å². The minimum Gasteiger partial charge on any atom is -0.378 e. The van der Waals surface area contributed by atoms with Crippen LogP contribution in [0.15, 0.2) is 0 Å². The molecule has 1 N–H and O–H groups in total. The molecule has 1 heterocycles. The Labute approximate surface area is 101 Å². The van der Waals surface area contributed by atoms with Crippen LogP contribution in [-0.4, -0.2) is 50.8 Å². The van der Waals surface area contributed by atoms with Crippen LogP contribution in [0.1, 0.15) is 39.0 Å². The molecule has 1 saturated heterocycles. The fourth-order valence-electron chi connectivity index (χ4n) is 2.31. The van der Waals surface area contributed by atoms with Crippen LogP contribution in [0.2, 0.25) is 0 Å². The standard InChI is InChI=1S/C13H28N2O/c1-4-14-12(9-10-15(2)3)7-8-13-6-5-11-16-13/h12-14H,4-11H2,1-3H3. The normalized spacial score (nSPS) is 22.9. The van der Waals surface area contributed by atoms with Crippen molar-refractivity contribution in [3.05, 3.63) is 0 Å². The summed E-state index contributed by atoms with van der Waals surface area (Å²) in [4.78, 5) is 2.26. The average Bonchev–Trinajstić information content (AvgIpc) is 2.75. The van der Waals surface area contributed by atoms with Crippen LogP contribution in [0.25, 0.3) is 0 Å². The Hall–Kier alpha value is -0.120. The van der Waals surface area contributed by atoms with Crippen LogP contribution in [0.5, 0.6) is 0 Å². The van der Waals surface area contributed by atoms with E-state index in [0.717, 1.165) is 13.2 Å². The molecule has 16 heavy (non-hydrogen) atoms. The molecule has 3 nitrogen and oxygen atoms in total. The number of hydrogen-bond donors (Lipinski definition) is 1. The Bertz CT molecular complexity index is 167. The molecule has 0 bridgehead atoms. The molecular weight excluding hydrogens is 200 g/mol. The third kappa shape index (κ3) is 5.83. The van der Waals surface area contributed by atoms with E-state index < -0.39 is 0 Å². The van der Waals surface area contributed by atoms with Gasteiger partial charge in [-0.3, -0.25) is 0 Å². The Morgan fingerprint density at radius 2 is 2.19 bits per heavy atom. The number of nitrogens with one attached hydrogen (secondary N) is 1. The van der Waals surface area contributed by atoms with Gasteiger partial charge in [0.05, 0.1) is 6.10 Å². The highest BCUT2D eigenvalue weighted by Crippen LogP contribution is 2.18. The lowest BCUT2D eigenvalue weighted by Crippen LogP contribution is -2.33. The van der Waals surface area contributed by atoms with Gasteiger partial charge < -0.3 is 15.0 Å². The van der Waals surface area contributed by atoms with Crippen LogP contribution in [0, 0.1) is 0 Å². The fourth-order valence-corrected chi connectivity index (χ4v) is 2.31. The monoisotopic (exact) mass is 228 g/mol. The zero-order chi connectivity index (χ0) is 11.8. The van der Waals surface area contributed by atoms with Gasteiger partial charge in [-0.1, -0.05) is 6.92 Å². The number of hydrogen-bond acceptors (Lipinski definition) is 3. The lowest BCUT2D eigenvalue weighted by molar-refractivity contribution is 0.0990. The van der Waals surface area contributed by atoms with Gasteiger partial charge in [-0.15, -0.1) is 0 Å². The predicted octanol–water partition coefficient (Wildman–Crippen LogP) is 1.88. The summed E-state index contributed by atoms with van der Waals surface area (Å²) >= 11 is 0. The summed E-state index contributed by atoms with van der Waals surface area (Å²) < 4.78 is 5.67. The summed E-state index contributed by atoms with van der Waals surface area (Å²) in [5.74, 6) is 0. The van der Waals surface area contributed by atoms with Gasteiger partial charge in [0.2, 0.25) is 0 Å². The maximum Gasteiger partial charge on any atom is 0.0576 e. The molecular formula is C13H28N2O. The molecule has 96 valence electrons. The molecule has 0 aromatic heterocycles. The van der Waals surface area contributed by atoms with Crippen molar-refractivity contribution in [3.63, 3.8) is 0 Å². The topological polar surface area (TPSA) is 24.5 Å². The summed E-state index contributed by atoms with van der Waals surface area (Å²) in [5, 5.41) is 3.58. The maximum atomic E-state index is 5.67. The van der Waals surface area contributed by atoms with Gasteiger partial charge in [-0.05, 0) is 59.3 Å². The molecule has 0 amide bonds. The first-order valence-corrected chi connectivity index (χ1v) is 6.72. The van der Waals surface area contributed by atoms with E-state index >= 15 is 0 Å². The smallest absolute Gasteiger partial charge is 0.0576 e. The molecule has 1 fully saturated rings. The van der Waals surface area contributed by atoms with E-state index in [1.54, 1.807) is 0 Å². The van der Waals surface area contributed by atoms with Crippen molar-refractivity contribution in [2.75, 3.05) is 33.8 Å². The molecule has 2 unspecified atom stereocenters. The average molecular weight is 228 g/mol. The largest absolute Gasteiger partial charge is 0.378 e. The third-order valence-corrected chi connectivity index (χ3v) is 3.28. The van der Waals surface area contributed by atoms with E-state index in [1.165, 1.54) is 38.6 Å². The van der Waals surface area contributed by atoms with E-state index in [2.05, 4.69) is 31.2 Å². The first kappa shape index (κ1) is 13.9. The van der Waals surface area contributed by atoms with Crippen molar-refractivity contribution in [1.82, 2.24) is 10.2 Å². The lowest BCUT2D eigenvalue weighted by Gasteiger charge is -2.21. The van der Waals surface area contributed by atoms with Crippen LogP contribution >= 0.6 is 0 Å². The molecule has 0 spiro atoms. The van der Waals surface area contributed by atoms with E-state index in [9.17, 15) is 0 Å². The third-order valence-electron chi connectivity index (χ3n) is 3.28. The summed E-state index contributed by atoms with van der Waals surface area (Å²) in [6.45, 7) is 5.41. The summed E-state index contributed by atoms with van der Waals surface area (Å²) in [5.41, 5.74) is 0. The number of rotatable bonds is 8. The second-order valence-electron chi connectivity index (χ2n) is 5.06. The molecule has 2 atom stereocenters. The molecule has 3 heteroatoms. The Kier molecular flexibility index (Phi) is 7.01. The van der Waals surface area contributed by atoms with Gasteiger partial charge in [0.25, 0.3) is 0 Å². The van der Waals surface area contributed by atoms with Crippen molar-refractivity contribution >= 4 is 0 Å². The molecule has 0 aromatic carbocycles. The van der Waals surface area contributed by atoms with Crippen molar-refractivity contribution in [2.45, 2.75) is 51.2 Å². The van der Waals surface area contributed by atoms with Crippen LogP contribution < -0.4 is 5.32 Å². The van der Waals surface area contributed by atoms with Crippen molar-refractivity contribution in [2.24, 2.45) is 0 Å². The molecule has 0 radical (unpaired) electrons. The Morgan fingerprint density at radius 3 is 2.75 bits per heavy atom. The minimum absolute atomic E-state index is 0.542. The fraction of sp³-hybridized carbons (Fsp3) is 1.00. The van der Waals surface area contributed by atoms with Gasteiger partial charge in [-0.2, -0.15) is 0 Å². The first-order valence-electron chi connectivity index (χ1n) is 6.72. The van der Waals surface area contributed by atoms with E-state index in [0.29, 0.717) is 12.1 Å². The number of nitrogens with zero attached hydrogens (tertiary/aromatic N) is 1. The summed E-state index contributed by atoms with van der Waals surface area (Å²) in [6.07, 6.45) is 6.80. The quantitative estimate of drug-likeness (QED) is 0.686. The molecule has 0 aliphatic carbocycles. The Morgan fingerprint density at radius 1 is 1.38 bits per heavy atom. The summed E-state index contributed by atoms with van der Waals surface area (Å²) in [7, 11) is 4.28. The van der Waals surface area contributed by atoms with Gasteiger partial charge in [0.15, 0.2) is 0 Å². The molecule has 1 aliphatic rings. The van der Waals surface area contributed by atoms with Gasteiger partial charge >= 0.3 is 0 Å². The van der Waals surface area contributed by atoms with Crippen LogP contribution in [0.3, 0.4) is 0 Å². The summed E-state index contributed by atoms with van der Waals surface area (Å²) in [6, 6.07) is 0.664. The van der Waals surface area contributed by atoms with Crippen LogP contribution in [-0.2, 0) is 4.74 Å². The van der Waals surface area contributed by atoms with Crippen molar-refractivity contribution in [1.29, 1.82) is 0 Å². The lowest BCUT2D eigenvalue weighted by atomic mass is 10.0. The van der Waals surface area contributed by atoms with Crippen molar-refractivity contribution in [3.8, 4) is 0 Å². The zero-order valence-corrected chi connectivity index (χ0v) is 11.2. The highest BCUT2D eigenvalue weighted by molar-refractivity contribution is 4.72. The van der Waals surface area contributed by atoms with Gasteiger partial charge in [-0.25, -0.2) is 0 Å². The second-order valence-corrected chi connectivity index (χ2v) is 5.06. The van der Waals surface area contributed by atoms with Gasteiger partial charge in [0, 0.05) is 12.6 Å². The second kappa shape index (κ2) is 8.04. The van der Waals surface area contributed by atoms with E-state index in [-0.39, 0.29) is 0 Å². The minimum atomic E-state index is 0.542. The first-order chi connectivity index (χ1) is 7.72. The SMILES string of the molecule is CCNC(CCC1CCCO1)CCN(C)C. The zero-order valence-electron chi connectivity index (χ0n) is 11.2. The highest BCUT2D eigenvalue weighted by Gasteiger charge is 2.17. The van der Waals surface area contributed by atoms with Crippen LogP contribution in [0.4, 0.5) is 0 Å². The Balaban J connectivity index is 2.15. The molecule has 1 aliphatic heterocycles.